The topological polar surface area (TPSA) is 70.2 Å². The lowest BCUT2D eigenvalue weighted by Gasteiger charge is -2.09. The van der Waals surface area contributed by atoms with Gasteiger partial charge in [-0.3, -0.25) is 4.79 Å². The summed E-state index contributed by atoms with van der Waals surface area (Å²) in [5.41, 5.74) is 1.07. The maximum atomic E-state index is 11.9. The molecule has 0 aliphatic rings. The molecule has 0 amide bonds. The first-order valence-electron chi connectivity index (χ1n) is 5.40. The number of aromatic nitrogens is 1. The number of nitrogens with one attached hydrogen (secondary N) is 1. The molecule has 88 valence electrons. The van der Waals surface area contributed by atoms with Crippen molar-refractivity contribution in [1.82, 2.24) is 4.98 Å². The predicted octanol–water partition coefficient (Wildman–Crippen LogP) is 2.35. The largest absolute Gasteiger partial charge is 0.477 e. The first-order chi connectivity index (χ1) is 8.02. The fourth-order valence-electron chi connectivity index (χ4n) is 1.92. The Bertz CT molecular complexity index is 641. The van der Waals surface area contributed by atoms with Crippen molar-refractivity contribution in [1.29, 1.82) is 0 Å². The number of hydrogen-bond acceptors (Lipinski definition) is 2. The van der Waals surface area contributed by atoms with E-state index in [0.29, 0.717) is 5.39 Å². The molecule has 1 aromatic carbocycles. The number of carboxylic acids is 1. The molecule has 0 saturated carbocycles. The molecule has 0 fully saturated rings. The van der Waals surface area contributed by atoms with Crippen molar-refractivity contribution < 1.29 is 9.90 Å². The molecule has 2 rings (SSSR count). The molecule has 0 radical (unpaired) electrons. The van der Waals surface area contributed by atoms with Gasteiger partial charge in [-0.2, -0.15) is 0 Å². The van der Waals surface area contributed by atoms with Crippen molar-refractivity contribution in [2.45, 2.75) is 19.8 Å². The standard InChI is InChI=1S/C13H13NO3/c1-7(2)8-4-3-5-9-11(8)14-6-10(12(9)15)13(16)17/h3-7H,1-2H3,(H,14,15)(H,16,17). The SMILES string of the molecule is CC(C)c1cccc2c(=O)c(C(=O)O)c[nH]c12. The summed E-state index contributed by atoms with van der Waals surface area (Å²) in [6.45, 7) is 4.05. The number of pyridine rings is 1. The minimum atomic E-state index is -1.21. The highest BCUT2D eigenvalue weighted by atomic mass is 16.4. The molecule has 2 aromatic rings. The van der Waals surface area contributed by atoms with E-state index in [4.69, 9.17) is 5.11 Å². The summed E-state index contributed by atoms with van der Waals surface area (Å²) in [7, 11) is 0. The third kappa shape index (κ3) is 1.82. The van der Waals surface area contributed by atoms with E-state index in [2.05, 4.69) is 4.98 Å². The van der Waals surface area contributed by atoms with E-state index in [0.717, 1.165) is 11.1 Å². The third-order valence-electron chi connectivity index (χ3n) is 2.80. The number of carbonyl (C=O) groups is 1. The summed E-state index contributed by atoms with van der Waals surface area (Å²) in [6, 6.07) is 5.36. The summed E-state index contributed by atoms with van der Waals surface area (Å²) in [6.07, 6.45) is 1.26. The number of aromatic amines is 1. The number of para-hydroxylation sites is 1. The molecule has 0 unspecified atom stereocenters. The van der Waals surface area contributed by atoms with Gasteiger partial charge in [0.05, 0.1) is 5.52 Å². The summed E-state index contributed by atoms with van der Waals surface area (Å²) in [5, 5.41) is 9.31. The minimum absolute atomic E-state index is 0.224. The van der Waals surface area contributed by atoms with E-state index in [9.17, 15) is 9.59 Å². The summed E-state index contributed by atoms with van der Waals surface area (Å²) >= 11 is 0. The molecule has 2 N–H and O–H groups in total. The van der Waals surface area contributed by atoms with E-state index < -0.39 is 11.4 Å². The van der Waals surface area contributed by atoms with Gasteiger partial charge in [0.2, 0.25) is 5.43 Å². The molecule has 0 atom stereocenters. The molecule has 4 nitrogen and oxygen atoms in total. The third-order valence-corrected chi connectivity index (χ3v) is 2.80. The maximum absolute atomic E-state index is 11.9. The Morgan fingerprint density at radius 3 is 2.65 bits per heavy atom. The summed E-state index contributed by atoms with van der Waals surface area (Å²) in [5.74, 6) is -0.937. The van der Waals surface area contributed by atoms with Crippen LogP contribution in [0.5, 0.6) is 0 Å². The van der Waals surface area contributed by atoms with Crippen LogP contribution in [-0.4, -0.2) is 16.1 Å². The Balaban J connectivity index is 2.86. The van der Waals surface area contributed by atoms with Crippen LogP contribution in [0.1, 0.15) is 35.7 Å². The monoisotopic (exact) mass is 231 g/mol. The van der Waals surface area contributed by atoms with Crippen LogP contribution in [0.4, 0.5) is 0 Å². The highest BCUT2D eigenvalue weighted by molar-refractivity contribution is 5.93. The zero-order valence-corrected chi connectivity index (χ0v) is 9.65. The Morgan fingerprint density at radius 1 is 1.35 bits per heavy atom. The van der Waals surface area contributed by atoms with Crippen LogP contribution in [0.25, 0.3) is 10.9 Å². The van der Waals surface area contributed by atoms with Crippen LogP contribution >= 0.6 is 0 Å². The molecule has 4 heteroatoms. The zero-order chi connectivity index (χ0) is 12.6. The van der Waals surface area contributed by atoms with Crippen molar-refractivity contribution in [2.75, 3.05) is 0 Å². The van der Waals surface area contributed by atoms with Crippen molar-refractivity contribution in [2.24, 2.45) is 0 Å². The molecule has 0 bridgehead atoms. The predicted molar refractivity (Wildman–Crippen MR) is 65.6 cm³/mol. The normalized spacial score (nSPS) is 11.0. The van der Waals surface area contributed by atoms with E-state index in [1.54, 1.807) is 12.1 Å². The Labute approximate surface area is 97.9 Å². The average Bonchev–Trinajstić information content (AvgIpc) is 2.28. The van der Waals surface area contributed by atoms with E-state index in [-0.39, 0.29) is 11.5 Å². The average molecular weight is 231 g/mol. The van der Waals surface area contributed by atoms with Crippen LogP contribution in [0.2, 0.25) is 0 Å². The number of aromatic carboxylic acids is 1. The molecule has 0 spiro atoms. The first-order valence-corrected chi connectivity index (χ1v) is 5.40. The van der Waals surface area contributed by atoms with Crippen LogP contribution < -0.4 is 5.43 Å². The molecular formula is C13H13NO3. The van der Waals surface area contributed by atoms with Gasteiger partial charge in [0.25, 0.3) is 0 Å². The fourth-order valence-corrected chi connectivity index (χ4v) is 1.92. The van der Waals surface area contributed by atoms with Gasteiger partial charge in [0.1, 0.15) is 5.56 Å². The summed E-state index contributed by atoms with van der Waals surface area (Å²) in [4.78, 5) is 25.7. The first kappa shape index (κ1) is 11.4. The molecular weight excluding hydrogens is 218 g/mol. The smallest absolute Gasteiger partial charge is 0.341 e. The van der Waals surface area contributed by atoms with Crippen molar-refractivity contribution >= 4 is 16.9 Å². The minimum Gasteiger partial charge on any atom is -0.477 e. The number of carboxylic acid groups (broad SMARTS) is 1. The lowest BCUT2D eigenvalue weighted by atomic mass is 9.99. The van der Waals surface area contributed by atoms with Crippen molar-refractivity contribution in [3.05, 3.63) is 45.7 Å². The molecule has 1 heterocycles. The second-order valence-corrected chi connectivity index (χ2v) is 4.26. The van der Waals surface area contributed by atoms with Gasteiger partial charge in [0, 0.05) is 11.6 Å². The number of fused-ring (bicyclic) bond motifs is 1. The number of H-pyrrole nitrogens is 1. The Morgan fingerprint density at radius 2 is 2.06 bits per heavy atom. The molecule has 0 saturated heterocycles. The van der Waals surface area contributed by atoms with Gasteiger partial charge in [-0.25, -0.2) is 4.79 Å². The maximum Gasteiger partial charge on any atom is 0.341 e. The second-order valence-electron chi connectivity index (χ2n) is 4.26. The molecule has 0 aliphatic heterocycles. The number of benzene rings is 1. The van der Waals surface area contributed by atoms with Crippen LogP contribution in [0.15, 0.2) is 29.2 Å². The van der Waals surface area contributed by atoms with Gasteiger partial charge < -0.3 is 10.1 Å². The van der Waals surface area contributed by atoms with Gasteiger partial charge in [-0.05, 0) is 17.5 Å². The molecule has 17 heavy (non-hydrogen) atoms. The van der Waals surface area contributed by atoms with Gasteiger partial charge >= 0.3 is 5.97 Å². The highest BCUT2D eigenvalue weighted by Gasteiger charge is 2.13. The van der Waals surface area contributed by atoms with Gasteiger partial charge in [-0.1, -0.05) is 26.0 Å². The zero-order valence-electron chi connectivity index (χ0n) is 9.65. The summed E-state index contributed by atoms with van der Waals surface area (Å²) < 4.78 is 0. The molecule has 0 aliphatic carbocycles. The quantitative estimate of drug-likeness (QED) is 0.833. The van der Waals surface area contributed by atoms with Gasteiger partial charge in [-0.15, -0.1) is 0 Å². The number of hydrogen-bond donors (Lipinski definition) is 2. The van der Waals surface area contributed by atoms with E-state index in [1.165, 1.54) is 6.20 Å². The van der Waals surface area contributed by atoms with Crippen LogP contribution in [0.3, 0.4) is 0 Å². The highest BCUT2D eigenvalue weighted by Crippen LogP contribution is 2.21. The van der Waals surface area contributed by atoms with E-state index in [1.807, 2.05) is 19.9 Å². The fraction of sp³-hybridized carbons (Fsp3) is 0.231. The van der Waals surface area contributed by atoms with Crippen LogP contribution in [0, 0.1) is 0 Å². The molecule has 1 aromatic heterocycles. The van der Waals surface area contributed by atoms with Crippen LogP contribution in [-0.2, 0) is 0 Å². The Hall–Kier alpha value is -2.10. The Kier molecular flexibility index (Phi) is 2.71. The van der Waals surface area contributed by atoms with E-state index >= 15 is 0 Å². The van der Waals surface area contributed by atoms with Crippen molar-refractivity contribution in [3.8, 4) is 0 Å². The lowest BCUT2D eigenvalue weighted by Crippen LogP contribution is -2.15. The van der Waals surface area contributed by atoms with Crippen molar-refractivity contribution in [3.63, 3.8) is 0 Å². The number of rotatable bonds is 2. The van der Waals surface area contributed by atoms with Gasteiger partial charge in [0.15, 0.2) is 0 Å². The second kappa shape index (κ2) is 4.05. The lowest BCUT2D eigenvalue weighted by molar-refractivity contribution is 0.0695.